The van der Waals surface area contributed by atoms with Crippen molar-refractivity contribution >= 4 is 5.91 Å². The Hall–Kier alpha value is -1.26. The quantitative estimate of drug-likeness (QED) is 0.290. The molecule has 0 aliphatic heterocycles. The lowest BCUT2D eigenvalue weighted by Crippen LogP contribution is -2.27. The van der Waals surface area contributed by atoms with Crippen LogP contribution in [-0.2, 0) is 9.53 Å². The van der Waals surface area contributed by atoms with Crippen molar-refractivity contribution in [2.24, 2.45) is 5.11 Å². The minimum Gasteiger partial charge on any atom is -0.379 e. The molecule has 0 heterocycles. The van der Waals surface area contributed by atoms with Crippen LogP contribution in [-0.4, -0.2) is 31.7 Å². The summed E-state index contributed by atoms with van der Waals surface area (Å²) in [4.78, 5) is 13.4. The number of nitrogens with one attached hydrogen (secondary N) is 1. The smallest absolute Gasteiger partial charge is 0.225 e. The molecule has 0 bridgehead atoms. The van der Waals surface area contributed by atoms with E-state index in [1.165, 1.54) is 0 Å². The number of amides is 1. The van der Waals surface area contributed by atoms with Crippen LogP contribution in [0.2, 0.25) is 0 Å². The van der Waals surface area contributed by atoms with Crippen molar-refractivity contribution in [2.45, 2.75) is 26.4 Å². The molecule has 1 amide bonds. The van der Waals surface area contributed by atoms with Gasteiger partial charge in [-0.1, -0.05) is 5.11 Å². The second-order valence-electron chi connectivity index (χ2n) is 3.01. The van der Waals surface area contributed by atoms with Crippen LogP contribution in [0.25, 0.3) is 10.4 Å². The average molecular weight is 200 g/mol. The highest BCUT2D eigenvalue weighted by Gasteiger charge is 1.97. The van der Waals surface area contributed by atoms with Crippen molar-refractivity contribution in [3.05, 3.63) is 10.4 Å². The Kier molecular flexibility index (Phi) is 7.59. The monoisotopic (exact) mass is 200 g/mol. The van der Waals surface area contributed by atoms with E-state index in [2.05, 4.69) is 15.3 Å². The number of carbonyl (C=O) groups is 1. The summed E-state index contributed by atoms with van der Waals surface area (Å²) < 4.78 is 5.27. The number of hydrogen-bond donors (Lipinski definition) is 1. The first-order valence-electron chi connectivity index (χ1n) is 4.56. The number of nitrogens with zero attached hydrogens (tertiary/aromatic N) is 3. The molecule has 1 N–H and O–H groups in total. The fourth-order valence-corrected chi connectivity index (χ4v) is 0.771. The molecule has 0 aromatic heterocycles. The number of hydrogen-bond acceptors (Lipinski definition) is 3. The molecule has 0 radical (unpaired) electrons. The van der Waals surface area contributed by atoms with Gasteiger partial charge in [0.25, 0.3) is 0 Å². The Bertz CT molecular complexity index is 211. The molecule has 0 rings (SSSR count). The van der Waals surface area contributed by atoms with Crippen LogP contribution in [0.1, 0.15) is 20.3 Å². The molecule has 80 valence electrons. The van der Waals surface area contributed by atoms with Crippen molar-refractivity contribution in [3.8, 4) is 0 Å². The highest BCUT2D eigenvalue weighted by molar-refractivity contribution is 5.78. The Labute approximate surface area is 83.3 Å². The summed E-state index contributed by atoms with van der Waals surface area (Å²) in [6.07, 6.45) is 0.981. The molecular formula is C8H16N4O2. The van der Waals surface area contributed by atoms with Gasteiger partial charge >= 0.3 is 0 Å². The summed E-state index contributed by atoms with van der Waals surface area (Å²) in [5.74, 6) is -0.257. The van der Waals surface area contributed by atoms with Crippen LogP contribution in [0.4, 0.5) is 0 Å². The van der Waals surface area contributed by atoms with E-state index in [0.29, 0.717) is 13.2 Å². The van der Waals surface area contributed by atoms with Gasteiger partial charge in [-0.2, -0.15) is 0 Å². The lowest BCUT2D eigenvalue weighted by molar-refractivity contribution is -0.119. The van der Waals surface area contributed by atoms with E-state index < -0.39 is 0 Å². The minimum atomic E-state index is -0.257. The van der Waals surface area contributed by atoms with E-state index in [-0.39, 0.29) is 18.6 Å². The van der Waals surface area contributed by atoms with Gasteiger partial charge < -0.3 is 10.1 Å². The lowest BCUT2D eigenvalue weighted by atomic mass is 10.4. The molecule has 0 unspecified atom stereocenters. The van der Waals surface area contributed by atoms with Crippen LogP contribution in [0.3, 0.4) is 0 Å². The molecule has 6 heteroatoms. The van der Waals surface area contributed by atoms with Crippen molar-refractivity contribution < 1.29 is 9.53 Å². The summed E-state index contributed by atoms with van der Waals surface area (Å²) in [5, 5.41) is 5.74. The zero-order valence-corrected chi connectivity index (χ0v) is 8.56. The van der Waals surface area contributed by atoms with Crippen molar-refractivity contribution in [1.82, 2.24) is 5.32 Å². The molecule has 0 aromatic rings. The van der Waals surface area contributed by atoms with E-state index in [1.54, 1.807) is 0 Å². The molecular weight excluding hydrogens is 184 g/mol. The second-order valence-corrected chi connectivity index (χ2v) is 3.01. The maximum Gasteiger partial charge on any atom is 0.225 e. The minimum absolute atomic E-state index is 0.137. The fourth-order valence-electron chi connectivity index (χ4n) is 0.771. The van der Waals surface area contributed by atoms with Gasteiger partial charge in [0.1, 0.15) is 6.54 Å². The summed E-state index contributed by atoms with van der Waals surface area (Å²) >= 11 is 0. The van der Waals surface area contributed by atoms with Gasteiger partial charge in [-0.05, 0) is 25.8 Å². The van der Waals surface area contributed by atoms with Crippen LogP contribution >= 0.6 is 0 Å². The maximum atomic E-state index is 10.9. The van der Waals surface area contributed by atoms with E-state index in [4.69, 9.17) is 10.3 Å². The Morgan fingerprint density at radius 1 is 1.64 bits per heavy atom. The largest absolute Gasteiger partial charge is 0.379 e. The predicted molar refractivity (Wildman–Crippen MR) is 52.7 cm³/mol. The third kappa shape index (κ3) is 8.83. The normalized spacial score (nSPS) is 9.64. The topological polar surface area (TPSA) is 87.1 Å². The Morgan fingerprint density at radius 2 is 2.36 bits per heavy atom. The summed E-state index contributed by atoms with van der Waals surface area (Å²) in [6, 6.07) is 0. The molecule has 0 saturated carbocycles. The van der Waals surface area contributed by atoms with Gasteiger partial charge in [0.15, 0.2) is 0 Å². The molecule has 14 heavy (non-hydrogen) atoms. The summed E-state index contributed by atoms with van der Waals surface area (Å²) in [5.41, 5.74) is 7.94. The first kappa shape index (κ1) is 12.7. The fraction of sp³-hybridized carbons (Fsp3) is 0.875. The molecule has 0 fully saturated rings. The maximum absolute atomic E-state index is 10.9. The molecule has 0 aromatic carbocycles. The molecule has 0 aliphatic rings. The highest BCUT2D eigenvalue weighted by atomic mass is 16.5. The van der Waals surface area contributed by atoms with Gasteiger partial charge in [0.2, 0.25) is 5.91 Å². The van der Waals surface area contributed by atoms with E-state index in [9.17, 15) is 4.79 Å². The zero-order valence-electron chi connectivity index (χ0n) is 8.56. The Balaban J connectivity index is 3.27. The second kappa shape index (κ2) is 8.34. The first-order valence-corrected chi connectivity index (χ1v) is 4.56. The average Bonchev–Trinajstić information content (AvgIpc) is 2.13. The van der Waals surface area contributed by atoms with E-state index >= 15 is 0 Å². The standard InChI is InChI=1S/C8H16N4O2/c1-7(2)14-5-3-4-10-8(13)6-11-12-9/h7H,3-6H2,1-2H3,(H,10,13). The van der Waals surface area contributed by atoms with Crippen LogP contribution in [0.15, 0.2) is 5.11 Å². The van der Waals surface area contributed by atoms with Crippen LogP contribution < -0.4 is 5.32 Å². The third-order valence-corrected chi connectivity index (χ3v) is 1.37. The number of rotatable bonds is 7. The molecule has 0 saturated heterocycles. The van der Waals surface area contributed by atoms with Crippen LogP contribution in [0, 0.1) is 0 Å². The molecule has 6 nitrogen and oxygen atoms in total. The van der Waals surface area contributed by atoms with E-state index in [1.807, 2.05) is 13.8 Å². The lowest BCUT2D eigenvalue weighted by Gasteiger charge is -2.07. The van der Waals surface area contributed by atoms with Gasteiger partial charge in [0, 0.05) is 18.1 Å². The molecule has 0 aliphatic carbocycles. The van der Waals surface area contributed by atoms with Crippen molar-refractivity contribution in [2.75, 3.05) is 19.7 Å². The number of carbonyl (C=O) groups excluding carboxylic acids is 1. The SMILES string of the molecule is CC(C)OCCCNC(=O)CN=[N+]=[N-]. The highest BCUT2D eigenvalue weighted by Crippen LogP contribution is 1.89. The zero-order chi connectivity index (χ0) is 10.8. The summed E-state index contributed by atoms with van der Waals surface area (Å²) in [7, 11) is 0. The van der Waals surface area contributed by atoms with Crippen LogP contribution in [0.5, 0.6) is 0 Å². The predicted octanol–water partition coefficient (Wildman–Crippen LogP) is 1.23. The van der Waals surface area contributed by atoms with Gasteiger partial charge in [-0.3, -0.25) is 4.79 Å². The first-order chi connectivity index (χ1) is 6.66. The summed E-state index contributed by atoms with van der Waals surface area (Å²) in [6.45, 7) is 4.95. The van der Waals surface area contributed by atoms with Crippen molar-refractivity contribution in [3.63, 3.8) is 0 Å². The molecule has 0 spiro atoms. The van der Waals surface area contributed by atoms with Crippen molar-refractivity contribution in [1.29, 1.82) is 0 Å². The Morgan fingerprint density at radius 3 is 2.93 bits per heavy atom. The number of azide groups is 1. The number of ether oxygens (including phenoxy) is 1. The van der Waals surface area contributed by atoms with E-state index in [0.717, 1.165) is 6.42 Å². The third-order valence-electron chi connectivity index (χ3n) is 1.37. The van der Waals surface area contributed by atoms with Gasteiger partial charge in [0.05, 0.1) is 6.10 Å². The van der Waals surface area contributed by atoms with Gasteiger partial charge in [-0.25, -0.2) is 0 Å². The van der Waals surface area contributed by atoms with Gasteiger partial charge in [-0.15, -0.1) is 0 Å². The molecule has 0 atom stereocenters.